The lowest BCUT2D eigenvalue weighted by atomic mass is 10.1. The minimum Gasteiger partial charge on any atom is -0.563 e. The van der Waals surface area contributed by atoms with Crippen molar-refractivity contribution in [3.63, 3.8) is 0 Å². The fourth-order valence-corrected chi connectivity index (χ4v) is 0.0750. The Hall–Kier alpha value is -1.51. The zero-order chi connectivity index (χ0) is 7.33. The van der Waals surface area contributed by atoms with Gasteiger partial charge in [-0.05, 0) is 0 Å². The maximum absolute atomic E-state index is 8.20. The highest BCUT2D eigenvalue weighted by molar-refractivity contribution is 5.99. The van der Waals surface area contributed by atoms with Gasteiger partial charge in [0.15, 0.2) is 0 Å². The molecule has 0 heterocycles. The van der Waals surface area contributed by atoms with Crippen LogP contribution >= 0.6 is 0 Å². The monoisotopic (exact) mass is 120 g/mol. The van der Waals surface area contributed by atoms with Crippen LogP contribution < -0.4 is 0 Å². The SMILES string of the molecule is [BH3-]OC(C#N)(C#N)C#N. The second-order valence-electron chi connectivity index (χ2n) is 1.02. The summed E-state index contributed by atoms with van der Waals surface area (Å²) in [6.45, 7) is 0. The summed E-state index contributed by atoms with van der Waals surface area (Å²) in [6.07, 6.45) is 0. The first kappa shape index (κ1) is 7.49. The summed E-state index contributed by atoms with van der Waals surface area (Å²) in [5.74, 6) is 0. The van der Waals surface area contributed by atoms with E-state index in [1.807, 2.05) is 0 Å². The highest BCUT2D eigenvalue weighted by atomic mass is 16.4. The molecule has 5 heteroatoms. The number of nitrogens with zero attached hydrogens (tertiary/aromatic N) is 3. The first-order chi connectivity index (χ1) is 4.24. The summed E-state index contributed by atoms with van der Waals surface area (Å²) in [7, 11) is -0.534. The van der Waals surface area contributed by atoms with Crippen LogP contribution in [0.25, 0.3) is 0 Å². The minimum atomic E-state index is -1.81. The Balaban J connectivity index is 4.54. The van der Waals surface area contributed by atoms with Crippen molar-refractivity contribution in [2.45, 2.75) is 5.60 Å². The van der Waals surface area contributed by atoms with E-state index in [0.29, 0.717) is 0 Å². The average Bonchev–Trinajstić information content (AvgIpc) is 1.95. The Morgan fingerprint density at radius 1 is 1.11 bits per heavy atom. The standard InChI is InChI=1S/C4H3BN3O/c5-9-4(1-6,2-7)3-8/h5H3/q-1. The van der Waals surface area contributed by atoms with Crippen LogP contribution in [0, 0.1) is 34.0 Å². The molecule has 0 bridgehead atoms. The zero-order valence-corrected chi connectivity index (χ0v) is 3.75. The Labute approximate surface area is 53.3 Å². The number of hydrogen-bond donors (Lipinski definition) is 0. The predicted molar refractivity (Wildman–Crippen MR) is 30.6 cm³/mol. The summed E-state index contributed by atoms with van der Waals surface area (Å²) in [6, 6.07) is 4.45. The molecule has 0 aromatic heterocycles. The van der Waals surface area contributed by atoms with Crippen molar-refractivity contribution >= 4 is 8.05 Å². The highest BCUT2D eigenvalue weighted by Crippen LogP contribution is 2.02. The second-order valence-corrected chi connectivity index (χ2v) is 1.02. The Morgan fingerprint density at radius 2 is 1.44 bits per heavy atom. The van der Waals surface area contributed by atoms with E-state index in [1.165, 1.54) is 18.2 Å². The molecule has 0 aliphatic heterocycles. The molecule has 0 unspecified atom stereocenters. The van der Waals surface area contributed by atoms with Gasteiger partial charge in [0, 0.05) is 0 Å². The van der Waals surface area contributed by atoms with Gasteiger partial charge in [-0.15, -0.1) is 0 Å². The van der Waals surface area contributed by atoms with E-state index in [4.69, 9.17) is 15.8 Å². The highest BCUT2D eigenvalue weighted by Gasteiger charge is 2.24. The molecule has 4 nitrogen and oxygen atoms in total. The molecule has 0 spiro atoms. The van der Waals surface area contributed by atoms with Crippen LogP contribution in [0.15, 0.2) is 0 Å². The van der Waals surface area contributed by atoms with Crippen molar-refractivity contribution in [3.8, 4) is 18.2 Å². The number of rotatable bonds is 1. The minimum absolute atomic E-state index is 0.534. The molecule has 0 aromatic carbocycles. The van der Waals surface area contributed by atoms with Crippen molar-refractivity contribution in [2.24, 2.45) is 0 Å². The first-order valence-corrected chi connectivity index (χ1v) is 1.62. The van der Waals surface area contributed by atoms with Crippen LogP contribution in [0.3, 0.4) is 0 Å². The normalized spacial score (nSPS) is 8.67. The van der Waals surface area contributed by atoms with E-state index in [1.54, 1.807) is 0 Å². The second kappa shape index (κ2) is 2.72. The van der Waals surface area contributed by atoms with Crippen LogP contribution in [0.4, 0.5) is 0 Å². The molecule has 0 aliphatic carbocycles. The third kappa shape index (κ3) is 1.19. The van der Waals surface area contributed by atoms with Crippen LogP contribution in [0.5, 0.6) is 0 Å². The molecule has 0 aromatic rings. The largest absolute Gasteiger partial charge is 0.563 e. The summed E-state index contributed by atoms with van der Waals surface area (Å²) in [5.41, 5.74) is -1.81. The van der Waals surface area contributed by atoms with Gasteiger partial charge < -0.3 is 4.65 Å². The van der Waals surface area contributed by atoms with E-state index in [9.17, 15) is 0 Å². The Morgan fingerprint density at radius 3 is 1.44 bits per heavy atom. The van der Waals surface area contributed by atoms with Crippen molar-refractivity contribution in [1.82, 2.24) is 0 Å². The van der Waals surface area contributed by atoms with Crippen LogP contribution in [-0.4, -0.2) is 13.7 Å². The van der Waals surface area contributed by atoms with Crippen LogP contribution in [-0.2, 0) is 4.65 Å². The lowest BCUT2D eigenvalue weighted by Crippen LogP contribution is -2.24. The van der Waals surface area contributed by atoms with Gasteiger partial charge in [0.25, 0.3) is 5.60 Å². The maximum atomic E-state index is 8.20. The molecule has 0 atom stereocenters. The van der Waals surface area contributed by atoms with Gasteiger partial charge in [0.05, 0.1) is 8.05 Å². The summed E-state index contributed by atoms with van der Waals surface area (Å²) < 4.78 is 4.55. The topological polar surface area (TPSA) is 80.6 Å². The Bertz CT molecular complexity index is 181. The van der Waals surface area contributed by atoms with Gasteiger partial charge in [0.2, 0.25) is 0 Å². The van der Waals surface area contributed by atoms with Crippen molar-refractivity contribution in [2.75, 3.05) is 0 Å². The molecule has 44 valence electrons. The van der Waals surface area contributed by atoms with Crippen molar-refractivity contribution < 1.29 is 4.65 Å². The smallest absolute Gasteiger partial charge is 0.289 e. The van der Waals surface area contributed by atoms with Gasteiger partial charge >= 0.3 is 0 Å². The molecule has 0 N–H and O–H groups in total. The first-order valence-electron chi connectivity index (χ1n) is 1.62. The molecule has 0 radical (unpaired) electrons. The molecule has 0 aliphatic rings. The molecule has 0 rings (SSSR count). The fourth-order valence-electron chi connectivity index (χ4n) is 0.0750. The van der Waals surface area contributed by atoms with Crippen molar-refractivity contribution in [3.05, 3.63) is 0 Å². The van der Waals surface area contributed by atoms with Crippen LogP contribution in [0.1, 0.15) is 0 Å². The summed E-state index contributed by atoms with van der Waals surface area (Å²) >= 11 is 0. The number of hydrogen-bond acceptors (Lipinski definition) is 4. The van der Waals surface area contributed by atoms with Gasteiger partial charge in [-0.3, -0.25) is 0 Å². The third-order valence-electron chi connectivity index (χ3n) is 0.472. The van der Waals surface area contributed by atoms with Gasteiger partial charge in [-0.1, -0.05) is 0 Å². The molecule has 0 saturated carbocycles. The van der Waals surface area contributed by atoms with Gasteiger partial charge in [-0.25, -0.2) is 0 Å². The van der Waals surface area contributed by atoms with Crippen molar-refractivity contribution in [1.29, 1.82) is 15.8 Å². The van der Waals surface area contributed by atoms with Crippen LogP contribution in [0.2, 0.25) is 0 Å². The lowest BCUT2D eigenvalue weighted by Gasteiger charge is -2.10. The zero-order valence-electron chi connectivity index (χ0n) is 3.75. The van der Waals surface area contributed by atoms with Gasteiger partial charge in [-0.2, -0.15) is 15.8 Å². The molecule has 0 fully saturated rings. The van der Waals surface area contributed by atoms with E-state index >= 15 is 0 Å². The van der Waals surface area contributed by atoms with E-state index in [0.717, 1.165) is 0 Å². The van der Waals surface area contributed by atoms with E-state index in [2.05, 4.69) is 4.65 Å². The Kier molecular flexibility index (Phi) is 2.26. The molecular weight excluding hydrogens is 117 g/mol. The van der Waals surface area contributed by atoms with E-state index < -0.39 is 13.7 Å². The van der Waals surface area contributed by atoms with E-state index in [-0.39, 0.29) is 0 Å². The molecular formula is C4H3BN3O-. The average molecular weight is 120 g/mol. The van der Waals surface area contributed by atoms with Gasteiger partial charge in [0.1, 0.15) is 18.2 Å². The predicted octanol–water partition coefficient (Wildman–Crippen LogP) is -1.41. The molecule has 0 saturated heterocycles. The number of nitriles is 3. The third-order valence-corrected chi connectivity index (χ3v) is 0.472. The quantitative estimate of drug-likeness (QED) is 0.398. The summed E-state index contributed by atoms with van der Waals surface area (Å²) in [5, 5.41) is 24.6. The summed E-state index contributed by atoms with van der Waals surface area (Å²) in [4.78, 5) is 0. The molecule has 9 heavy (non-hydrogen) atoms. The lowest BCUT2D eigenvalue weighted by molar-refractivity contribution is 0.269. The molecule has 0 amide bonds. The fraction of sp³-hybridized carbons (Fsp3) is 0.250. The maximum Gasteiger partial charge on any atom is 0.289 e.